The SMILES string of the molecule is CCCOc1ccc(-c2noc(-c3cc(C)[nH]n3)n2)cc1OC. The van der Waals surface area contributed by atoms with Crippen LogP contribution < -0.4 is 9.47 Å². The van der Waals surface area contributed by atoms with Crippen LogP contribution in [0.25, 0.3) is 23.0 Å². The van der Waals surface area contributed by atoms with Crippen LogP contribution in [0.5, 0.6) is 11.5 Å². The molecule has 0 aliphatic rings. The minimum absolute atomic E-state index is 0.370. The zero-order valence-corrected chi connectivity index (χ0v) is 13.3. The average Bonchev–Trinajstić information content (AvgIpc) is 3.21. The Morgan fingerprint density at radius 1 is 1.22 bits per heavy atom. The Kier molecular flexibility index (Phi) is 4.27. The van der Waals surface area contributed by atoms with Gasteiger partial charge in [0.1, 0.15) is 0 Å². The van der Waals surface area contributed by atoms with Crippen LogP contribution in [0, 0.1) is 6.92 Å². The molecule has 0 aliphatic heterocycles. The van der Waals surface area contributed by atoms with Crippen LogP contribution in [-0.2, 0) is 0 Å². The van der Waals surface area contributed by atoms with Crippen LogP contribution in [-0.4, -0.2) is 34.1 Å². The first kappa shape index (κ1) is 15.1. The van der Waals surface area contributed by atoms with E-state index in [1.807, 2.05) is 31.2 Å². The number of nitrogens with zero attached hydrogens (tertiary/aromatic N) is 3. The van der Waals surface area contributed by atoms with Crippen LogP contribution in [0.15, 0.2) is 28.8 Å². The summed E-state index contributed by atoms with van der Waals surface area (Å²) in [6, 6.07) is 7.39. The smallest absolute Gasteiger partial charge is 0.278 e. The molecule has 0 fully saturated rings. The van der Waals surface area contributed by atoms with Crippen molar-refractivity contribution in [2.45, 2.75) is 20.3 Å². The zero-order valence-electron chi connectivity index (χ0n) is 13.3. The summed E-state index contributed by atoms with van der Waals surface area (Å²) in [4.78, 5) is 4.37. The molecule has 120 valence electrons. The third kappa shape index (κ3) is 3.18. The van der Waals surface area contributed by atoms with Crippen LogP contribution in [0.3, 0.4) is 0 Å². The fraction of sp³-hybridized carbons (Fsp3) is 0.312. The van der Waals surface area contributed by atoms with Crippen molar-refractivity contribution in [1.29, 1.82) is 0 Å². The van der Waals surface area contributed by atoms with Crippen molar-refractivity contribution in [3.8, 4) is 34.5 Å². The van der Waals surface area contributed by atoms with E-state index in [4.69, 9.17) is 14.0 Å². The van der Waals surface area contributed by atoms with Gasteiger partial charge < -0.3 is 14.0 Å². The summed E-state index contributed by atoms with van der Waals surface area (Å²) >= 11 is 0. The number of ether oxygens (including phenoxy) is 2. The Balaban J connectivity index is 1.88. The second-order valence-electron chi connectivity index (χ2n) is 5.07. The number of benzene rings is 1. The topological polar surface area (TPSA) is 86.1 Å². The highest BCUT2D eigenvalue weighted by Gasteiger charge is 2.15. The van der Waals surface area contributed by atoms with E-state index in [1.165, 1.54) is 0 Å². The molecule has 0 atom stereocenters. The molecule has 0 unspecified atom stereocenters. The van der Waals surface area contributed by atoms with Crippen molar-refractivity contribution in [1.82, 2.24) is 20.3 Å². The van der Waals surface area contributed by atoms with E-state index in [0.717, 1.165) is 17.7 Å². The largest absolute Gasteiger partial charge is 0.493 e. The quantitative estimate of drug-likeness (QED) is 0.751. The van der Waals surface area contributed by atoms with E-state index in [2.05, 4.69) is 27.3 Å². The van der Waals surface area contributed by atoms with Crippen LogP contribution >= 0.6 is 0 Å². The monoisotopic (exact) mass is 314 g/mol. The van der Waals surface area contributed by atoms with Crippen LogP contribution in [0.1, 0.15) is 19.0 Å². The molecule has 1 N–H and O–H groups in total. The number of rotatable bonds is 6. The molecule has 0 spiro atoms. The lowest BCUT2D eigenvalue weighted by Crippen LogP contribution is -1.98. The van der Waals surface area contributed by atoms with Crippen molar-refractivity contribution >= 4 is 0 Å². The summed E-state index contributed by atoms with van der Waals surface area (Å²) in [5.74, 6) is 2.18. The van der Waals surface area contributed by atoms with Gasteiger partial charge in [0.05, 0.1) is 13.7 Å². The Morgan fingerprint density at radius 2 is 2.09 bits per heavy atom. The van der Waals surface area contributed by atoms with Crippen molar-refractivity contribution < 1.29 is 14.0 Å². The molecular weight excluding hydrogens is 296 g/mol. The highest BCUT2D eigenvalue weighted by atomic mass is 16.5. The molecule has 0 amide bonds. The van der Waals surface area contributed by atoms with Crippen molar-refractivity contribution in [3.63, 3.8) is 0 Å². The fourth-order valence-electron chi connectivity index (χ4n) is 2.11. The maximum Gasteiger partial charge on any atom is 0.278 e. The van der Waals surface area contributed by atoms with Gasteiger partial charge in [0, 0.05) is 11.3 Å². The second kappa shape index (κ2) is 6.51. The maximum absolute atomic E-state index is 5.64. The predicted molar refractivity (Wildman–Crippen MR) is 84.4 cm³/mol. The summed E-state index contributed by atoms with van der Waals surface area (Å²) in [6.07, 6.45) is 0.933. The zero-order chi connectivity index (χ0) is 16.2. The number of H-pyrrole nitrogens is 1. The van der Waals surface area contributed by atoms with Crippen LogP contribution in [0.4, 0.5) is 0 Å². The summed E-state index contributed by atoms with van der Waals surface area (Å²) in [5.41, 5.74) is 2.34. The molecule has 3 aromatic rings. The van der Waals surface area contributed by atoms with Gasteiger partial charge in [-0.05, 0) is 37.6 Å². The summed E-state index contributed by atoms with van der Waals surface area (Å²) in [7, 11) is 1.60. The Bertz CT molecular complexity index is 794. The molecule has 0 aliphatic carbocycles. The van der Waals surface area contributed by atoms with Gasteiger partial charge in [0.2, 0.25) is 5.82 Å². The lowest BCUT2D eigenvalue weighted by molar-refractivity contribution is 0.294. The Hall–Kier alpha value is -2.83. The van der Waals surface area contributed by atoms with E-state index < -0.39 is 0 Å². The number of nitrogens with one attached hydrogen (secondary N) is 1. The van der Waals surface area contributed by atoms with Crippen molar-refractivity contribution in [3.05, 3.63) is 30.0 Å². The molecule has 23 heavy (non-hydrogen) atoms. The third-order valence-electron chi connectivity index (χ3n) is 3.23. The molecule has 7 nitrogen and oxygen atoms in total. The molecule has 7 heteroatoms. The van der Waals surface area contributed by atoms with E-state index >= 15 is 0 Å². The van der Waals surface area contributed by atoms with Gasteiger partial charge in [0.15, 0.2) is 17.2 Å². The molecule has 2 heterocycles. The van der Waals surface area contributed by atoms with Gasteiger partial charge in [-0.25, -0.2) is 0 Å². The minimum Gasteiger partial charge on any atom is -0.493 e. The third-order valence-corrected chi connectivity index (χ3v) is 3.23. The molecule has 0 bridgehead atoms. The number of methoxy groups -OCH3 is 1. The highest BCUT2D eigenvalue weighted by Crippen LogP contribution is 2.32. The number of aromatic nitrogens is 4. The Morgan fingerprint density at radius 3 is 2.78 bits per heavy atom. The standard InChI is InChI=1S/C16H18N4O3/c1-4-7-22-13-6-5-11(9-14(13)21-3)15-17-16(23-20-15)12-8-10(2)18-19-12/h5-6,8-9H,4,7H2,1-3H3,(H,18,19). The molecule has 3 rings (SSSR count). The summed E-state index contributed by atoms with van der Waals surface area (Å²) < 4.78 is 16.3. The predicted octanol–water partition coefficient (Wildman–Crippen LogP) is 3.23. The first-order valence-corrected chi connectivity index (χ1v) is 7.38. The lowest BCUT2D eigenvalue weighted by Gasteiger charge is -2.10. The van der Waals surface area contributed by atoms with E-state index in [9.17, 15) is 0 Å². The first-order chi connectivity index (χ1) is 11.2. The summed E-state index contributed by atoms with van der Waals surface area (Å²) in [5, 5.41) is 11.0. The molecule has 0 saturated carbocycles. The number of aryl methyl sites for hydroxylation is 1. The number of hydrogen-bond acceptors (Lipinski definition) is 6. The average molecular weight is 314 g/mol. The van der Waals surface area contributed by atoms with Gasteiger partial charge in [-0.2, -0.15) is 10.1 Å². The lowest BCUT2D eigenvalue weighted by atomic mass is 10.2. The number of aromatic amines is 1. The van der Waals surface area contributed by atoms with Crippen LogP contribution in [0.2, 0.25) is 0 Å². The van der Waals surface area contributed by atoms with E-state index in [-0.39, 0.29) is 0 Å². The fourth-order valence-corrected chi connectivity index (χ4v) is 2.11. The summed E-state index contributed by atoms with van der Waals surface area (Å²) in [6.45, 7) is 4.60. The molecule has 0 radical (unpaired) electrons. The molecule has 0 saturated heterocycles. The highest BCUT2D eigenvalue weighted by molar-refractivity contribution is 5.62. The van der Waals surface area contributed by atoms with E-state index in [1.54, 1.807) is 7.11 Å². The van der Waals surface area contributed by atoms with E-state index in [0.29, 0.717) is 35.5 Å². The van der Waals surface area contributed by atoms with Gasteiger partial charge in [-0.15, -0.1) is 0 Å². The molecule has 2 aromatic heterocycles. The van der Waals surface area contributed by atoms with Gasteiger partial charge >= 0.3 is 0 Å². The second-order valence-corrected chi connectivity index (χ2v) is 5.07. The Labute approximate surface area is 133 Å². The molecular formula is C16H18N4O3. The first-order valence-electron chi connectivity index (χ1n) is 7.38. The van der Waals surface area contributed by atoms with Gasteiger partial charge in [-0.3, -0.25) is 5.10 Å². The molecule has 1 aromatic carbocycles. The normalized spacial score (nSPS) is 10.7. The minimum atomic E-state index is 0.370. The maximum atomic E-state index is 5.64. The van der Waals surface area contributed by atoms with Crippen molar-refractivity contribution in [2.75, 3.05) is 13.7 Å². The van der Waals surface area contributed by atoms with Gasteiger partial charge in [-0.1, -0.05) is 12.1 Å². The van der Waals surface area contributed by atoms with Gasteiger partial charge in [0.25, 0.3) is 5.89 Å². The van der Waals surface area contributed by atoms with Crippen molar-refractivity contribution in [2.24, 2.45) is 0 Å². The number of hydrogen-bond donors (Lipinski definition) is 1.